The van der Waals surface area contributed by atoms with Crippen LogP contribution >= 0.6 is 0 Å². The summed E-state index contributed by atoms with van der Waals surface area (Å²) in [6.45, 7) is 1.80. The highest BCUT2D eigenvalue weighted by Gasteiger charge is 2.51. The van der Waals surface area contributed by atoms with Crippen molar-refractivity contribution in [1.82, 2.24) is 10.9 Å². The zero-order valence-corrected chi connectivity index (χ0v) is 8.79. The van der Waals surface area contributed by atoms with Crippen molar-refractivity contribution in [3.05, 3.63) is 12.3 Å². The van der Waals surface area contributed by atoms with Gasteiger partial charge in [-0.15, -0.1) is 0 Å². The molecule has 94 valence electrons. The molecule has 0 aromatic carbocycles. The highest BCUT2D eigenvalue weighted by molar-refractivity contribution is 4.86. The monoisotopic (exact) mass is 240 g/mol. The van der Waals surface area contributed by atoms with Gasteiger partial charge in [0.2, 0.25) is 0 Å². The summed E-state index contributed by atoms with van der Waals surface area (Å²) in [6.07, 6.45) is -3.92. The molecule has 3 unspecified atom stereocenters. The zero-order chi connectivity index (χ0) is 12.2. The number of ether oxygens (including phenoxy) is 1. The van der Waals surface area contributed by atoms with Gasteiger partial charge in [0.1, 0.15) is 6.23 Å². The molecule has 4 nitrogen and oxygen atoms in total. The first kappa shape index (κ1) is 13.3. The van der Waals surface area contributed by atoms with E-state index in [0.29, 0.717) is 0 Å². The summed E-state index contributed by atoms with van der Waals surface area (Å²) in [7, 11) is 0. The van der Waals surface area contributed by atoms with Gasteiger partial charge < -0.3 is 15.3 Å². The molecule has 3 N–H and O–H groups in total. The predicted molar refractivity (Wildman–Crippen MR) is 51.0 cm³/mol. The second-order valence-electron chi connectivity index (χ2n) is 3.60. The van der Waals surface area contributed by atoms with E-state index in [1.54, 1.807) is 13.0 Å². The normalized spacial score (nSPS) is 27.8. The van der Waals surface area contributed by atoms with Crippen LogP contribution in [0, 0.1) is 5.92 Å². The van der Waals surface area contributed by atoms with E-state index in [0.717, 1.165) is 0 Å². The van der Waals surface area contributed by atoms with Crippen molar-refractivity contribution in [1.29, 1.82) is 0 Å². The Kier molecular flexibility index (Phi) is 4.57. The van der Waals surface area contributed by atoms with Crippen LogP contribution in [0.2, 0.25) is 0 Å². The number of hydrogen-bond donors (Lipinski definition) is 3. The molecule has 1 aliphatic rings. The van der Waals surface area contributed by atoms with Crippen LogP contribution in [-0.4, -0.2) is 30.2 Å². The molecule has 1 rings (SSSR count). The van der Waals surface area contributed by atoms with Crippen molar-refractivity contribution in [3.8, 4) is 0 Å². The summed E-state index contributed by atoms with van der Waals surface area (Å²) in [4.78, 5) is 0. The molecule has 7 heteroatoms. The maximum Gasteiger partial charge on any atom is 0.414 e. The average molecular weight is 240 g/mol. The molecule has 3 atom stereocenters. The lowest BCUT2D eigenvalue weighted by molar-refractivity contribution is -0.291. The summed E-state index contributed by atoms with van der Waals surface area (Å²) in [5.74, 6) is -0.685. The van der Waals surface area contributed by atoms with Crippen molar-refractivity contribution in [3.63, 3.8) is 0 Å². The van der Waals surface area contributed by atoms with Gasteiger partial charge in [0.25, 0.3) is 0 Å². The second-order valence-corrected chi connectivity index (χ2v) is 3.60. The van der Waals surface area contributed by atoms with E-state index in [-0.39, 0.29) is 13.0 Å². The van der Waals surface area contributed by atoms with Gasteiger partial charge in [0.15, 0.2) is 6.10 Å². The third-order valence-electron chi connectivity index (χ3n) is 2.27. The number of rotatable bonds is 5. The van der Waals surface area contributed by atoms with Gasteiger partial charge >= 0.3 is 6.18 Å². The Morgan fingerprint density at radius 1 is 1.56 bits per heavy atom. The third kappa shape index (κ3) is 3.66. The Bertz CT molecular complexity index is 245. The molecule has 0 bridgehead atoms. The largest absolute Gasteiger partial charge is 0.414 e. The van der Waals surface area contributed by atoms with Gasteiger partial charge in [-0.2, -0.15) is 13.2 Å². The van der Waals surface area contributed by atoms with Crippen LogP contribution < -0.4 is 10.9 Å². The number of hydrazine groups is 1. The fourth-order valence-electron chi connectivity index (χ4n) is 1.46. The van der Waals surface area contributed by atoms with E-state index in [9.17, 15) is 18.3 Å². The molecular weight excluding hydrogens is 225 g/mol. The molecular formula is C9H15F3N2O2. The number of nitrogens with one attached hydrogen (secondary N) is 2. The molecule has 0 saturated carbocycles. The number of alkyl halides is 3. The number of aliphatic hydroxyl groups excluding tert-OH is 1. The maximum absolute atomic E-state index is 12.3. The highest BCUT2D eigenvalue weighted by Crippen LogP contribution is 2.37. The summed E-state index contributed by atoms with van der Waals surface area (Å²) in [6, 6.07) is 0. The van der Waals surface area contributed by atoms with Gasteiger partial charge in [-0.1, -0.05) is 6.08 Å². The Morgan fingerprint density at radius 3 is 2.69 bits per heavy atom. The Hall–Kier alpha value is -0.790. The van der Waals surface area contributed by atoms with Crippen molar-refractivity contribution in [2.75, 3.05) is 6.61 Å². The molecule has 1 aliphatic heterocycles. The zero-order valence-electron chi connectivity index (χ0n) is 8.79. The molecule has 16 heavy (non-hydrogen) atoms. The first-order valence-electron chi connectivity index (χ1n) is 4.93. The Balaban J connectivity index is 2.27. The van der Waals surface area contributed by atoms with Crippen LogP contribution in [0.5, 0.6) is 0 Å². The lowest BCUT2D eigenvalue weighted by Crippen LogP contribution is -2.52. The minimum absolute atomic E-state index is 0.00523. The molecule has 1 heterocycles. The molecule has 1 saturated heterocycles. The van der Waals surface area contributed by atoms with Crippen molar-refractivity contribution >= 4 is 0 Å². The third-order valence-corrected chi connectivity index (χ3v) is 2.27. The summed E-state index contributed by atoms with van der Waals surface area (Å²) >= 11 is 0. The van der Waals surface area contributed by atoms with Crippen molar-refractivity contribution < 1.29 is 23.0 Å². The Morgan fingerprint density at radius 2 is 2.25 bits per heavy atom. The van der Waals surface area contributed by atoms with Crippen LogP contribution in [0.3, 0.4) is 0 Å². The van der Waals surface area contributed by atoms with Crippen LogP contribution in [0.4, 0.5) is 13.2 Å². The predicted octanol–water partition coefficient (Wildman–Crippen LogP) is 0.900. The molecule has 0 spiro atoms. The molecule has 0 amide bonds. The van der Waals surface area contributed by atoms with E-state index < -0.39 is 24.4 Å². The number of hydrogen-bond acceptors (Lipinski definition) is 4. The minimum Gasteiger partial charge on any atom is -0.377 e. The summed E-state index contributed by atoms with van der Waals surface area (Å²) < 4.78 is 41.2. The van der Waals surface area contributed by atoms with Crippen LogP contribution in [0.1, 0.15) is 13.3 Å². The van der Waals surface area contributed by atoms with Crippen molar-refractivity contribution in [2.45, 2.75) is 31.9 Å². The molecule has 0 aliphatic carbocycles. The smallest absolute Gasteiger partial charge is 0.377 e. The quantitative estimate of drug-likeness (QED) is 0.493. The van der Waals surface area contributed by atoms with E-state index in [2.05, 4.69) is 15.6 Å². The number of aliphatic hydroxyl groups is 1. The topological polar surface area (TPSA) is 53.5 Å². The number of allylic oxidation sites excluding steroid dienone is 1. The van der Waals surface area contributed by atoms with Gasteiger partial charge in [0.05, 0.1) is 6.61 Å². The standard InChI is InChI=1S/C9H15F3N2O2/c1-2-3-13-14-7(15)4-6-5-16-8(6)9(10,11)12/h2-3,6-8,13-15H,4-5H2,1H3. The summed E-state index contributed by atoms with van der Waals surface area (Å²) in [5, 5.41) is 9.36. The minimum atomic E-state index is -4.35. The highest BCUT2D eigenvalue weighted by atomic mass is 19.4. The fourth-order valence-corrected chi connectivity index (χ4v) is 1.46. The van der Waals surface area contributed by atoms with E-state index in [4.69, 9.17) is 0 Å². The van der Waals surface area contributed by atoms with Crippen LogP contribution in [-0.2, 0) is 4.74 Å². The average Bonchev–Trinajstić information content (AvgIpc) is 2.10. The lowest BCUT2D eigenvalue weighted by Gasteiger charge is -2.38. The second kappa shape index (κ2) is 5.51. The molecule has 0 aromatic rings. The van der Waals surface area contributed by atoms with Crippen LogP contribution in [0.15, 0.2) is 12.3 Å². The number of halogens is 3. The van der Waals surface area contributed by atoms with Crippen LogP contribution in [0.25, 0.3) is 0 Å². The first-order valence-corrected chi connectivity index (χ1v) is 4.93. The maximum atomic E-state index is 12.3. The van der Waals surface area contributed by atoms with Gasteiger partial charge in [-0.3, -0.25) is 0 Å². The SMILES string of the molecule is CC=CNNC(O)CC1COC1C(F)(F)F. The van der Waals surface area contributed by atoms with Gasteiger partial charge in [-0.25, -0.2) is 5.43 Å². The molecule has 1 fully saturated rings. The van der Waals surface area contributed by atoms with Crippen molar-refractivity contribution in [2.24, 2.45) is 5.92 Å². The molecule has 0 aromatic heterocycles. The Labute approximate surface area is 91.4 Å². The first-order chi connectivity index (χ1) is 7.45. The van der Waals surface area contributed by atoms with E-state index >= 15 is 0 Å². The summed E-state index contributed by atoms with van der Waals surface area (Å²) in [5.41, 5.74) is 4.99. The fraction of sp³-hybridized carbons (Fsp3) is 0.778. The van der Waals surface area contributed by atoms with E-state index in [1.165, 1.54) is 6.20 Å². The van der Waals surface area contributed by atoms with E-state index in [1.807, 2.05) is 0 Å². The molecule has 0 radical (unpaired) electrons. The van der Waals surface area contributed by atoms with Gasteiger partial charge in [0, 0.05) is 12.1 Å². The lowest BCUT2D eigenvalue weighted by atomic mass is 9.93. The van der Waals surface area contributed by atoms with Gasteiger partial charge in [-0.05, 0) is 13.3 Å².